The van der Waals surface area contributed by atoms with Gasteiger partial charge in [0.25, 0.3) is 6.43 Å². The Morgan fingerprint density at radius 3 is 2.50 bits per heavy atom. The quantitative estimate of drug-likeness (QED) is 0.456. The summed E-state index contributed by atoms with van der Waals surface area (Å²) in [6.07, 6.45) is 2.60. The second-order valence-corrected chi connectivity index (χ2v) is 13.8. The highest BCUT2D eigenvalue weighted by Crippen LogP contribution is 2.38. The Hall–Kier alpha value is -2.71. The molecule has 3 aromatic rings. The van der Waals surface area contributed by atoms with Crippen LogP contribution in [0.2, 0.25) is 0 Å². The van der Waals surface area contributed by atoms with Crippen LogP contribution in [0.5, 0.6) is 0 Å². The molecule has 3 aromatic heterocycles. The summed E-state index contributed by atoms with van der Waals surface area (Å²) in [5.74, 6) is 0.185. The van der Waals surface area contributed by atoms with Gasteiger partial charge in [-0.05, 0) is 70.9 Å². The first kappa shape index (κ1) is 26.9. The minimum Gasteiger partial charge on any atom is -0.444 e. The number of pyridine rings is 1. The molecule has 4 heterocycles. The largest absolute Gasteiger partial charge is 0.444 e. The Labute approximate surface area is 223 Å². The predicted molar refractivity (Wildman–Crippen MR) is 137 cm³/mol. The van der Waals surface area contributed by atoms with Gasteiger partial charge in [0, 0.05) is 24.8 Å². The van der Waals surface area contributed by atoms with E-state index in [1.54, 1.807) is 21.6 Å². The van der Waals surface area contributed by atoms with Crippen molar-refractivity contribution in [3.05, 3.63) is 29.0 Å². The Balaban J connectivity index is 1.52. The van der Waals surface area contributed by atoms with Crippen LogP contribution in [0.1, 0.15) is 76.3 Å². The highest BCUT2D eigenvalue weighted by molar-refractivity contribution is 7.89. The lowest BCUT2D eigenvalue weighted by molar-refractivity contribution is 0.0205. The highest BCUT2D eigenvalue weighted by atomic mass is 32.2. The number of halogens is 2. The fourth-order valence-electron chi connectivity index (χ4n) is 4.51. The summed E-state index contributed by atoms with van der Waals surface area (Å²) in [4.78, 5) is 18.7. The van der Waals surface area contributed by atoms with E-state index < -0.39 is 32.6 Å². The number of rotatable bonds is 6. The molecule has 1 saturated heterocycles. The average Bonchev–Trinajstić information content (AvgIpc) is 3.22. The number of piperidine rings is 1. The normalized spacial score (nSPS) is 18.3. The summed E-state index contributed by atoms with van der Waals surface area (Å²) >= 11 is 0.718. The van der Waals surface area contributed by atoms with E-state index in [4.69, 9.17) is 4.74 Å². The molecular formula is C24H30F2N6O4S2. The Morgan fingerprint density at radius 1 is 1.24 bits per heavy atom. The third kappa shape index (κ3) is 5.52. The summed E-state index contributed by atoms with van der Waals surface area (Å²) in [7, 11) is -3.87. The van der Waals surface area contributed by atoms with Crippen molar-refractivity contribution >= 4 is 33.0 Å². The van der Waals surface area contributed by atoms with E-state index in [1.807, 2.05) is 27.7 Å². The zero-order valence-electron chi connectivity index (χ0n) is 21.6. The molecule has 10 nitrogen and oxygen atoms in total. The van der Waals surface area contributed by atoms with Crippen LogP contribution < -0.4 is 4.72 Å². The topological polar surface area (TPSA) is 119 Å². The van der Waals surface area contributed by atoms with Gasteiger partial charge in [-0.2, -0.15) is 0 Å². The molecule has 206 valence electrons. The standard InChI is InChI=1S/C24H30F2N6O4S2/c1-23(2,3)36-22(33)31-9-5-14(6-10-31)16-11-15(38(34,35)30-24(4)7-8-24)13-32-17(16)12-27-19(32)21-29-28-20(37-21)18(25)26/h11-14,18,30H,5-10H2,1-4H3. The molecular weight excluding hydrogens is 538 g/mol. The van der Waals surface area contributed by atoms with E-state index in [2.05, 4.69) is 19.9 Å². The molecule has 38 heavy (non-hydrogen) atoms. The molecule has 0 bridgehead atoms. The molecule has 14 heteroatoms. The first-order valence-corrected chi connectivity index (χ1v) is 14.7. The van der Waals surface area contributed by atoms with Crippen molar-refractivity contribution < 1.29 is 26.7 Å². The number of sulfonamides is 1. The fourth-order valence-corrected chi connectivity index (χ4v) is 6.70. The lowest BCUT2D eigenvalue weighted by Gasteiger charge is -2.34. The van der Waals surface area contributed by atoms with E-state index in [0.29, 0.717) is 31.4 Å². The van der Waals surface area contributed by atoms with Crippen LogP contribution >= 0.6 is 11.3 Å². The molecule has 0 unspecified atom stereocenters. The molecule has 1 aliphatic carbocycles. The number of hydrogen-bond donors (Lipinski definition) is 1. The number of likely N-dealkylation sites (tertiary alicyclic amines) is 1. The number of ether oxygens (including phenoxy) is 1. The van der Waals surface area contributed by atoms with Crippen molar-refractivity contribution in [3.8, 4) is 10.8 Å². The molecule has 2 fully saturated rings. The number of imidazole rings is 1. The molecule has 5 rings (SSSR count). The monoisotopic (exact) mass is 568 g/mol. The van der Waals surface area contributed by atoms with Gasteiger partial charge < -0.3 is 9.64 Å². The van der Waals surface area contributed by atoms with Crippen molar-refractivity contribution in [2.75, 3.05) is 13.1 Å². The number of hydrogen-bond acceptors (Lipinski definition) is 8. The number of aromatic nitrogens is 4. The Bertz CT molecular complexity index is 1470. The smallest absolute Gasteiger partial charge is 0.410 e. The first-order chi connectivity index (χ1) is 17.7. The van der Waals surface area contributed by atoms with E-state index in [1.165, 1.54) is 6.20 Å². The van der Waals surface area contributed by atoms with Crippen molar-refractivity contribution in [2.24, 2.45) is 0 Å². The lowest BCUT2D eigenvalue weighted by atomic mass is 9.89. The van der Waals surface area contributed by atoms with E-state index in [9.17, 15) is 22.0 Å². The van der Waals surface area contributed by atoms with Crippen LogP contribution in [0.3, 0.4) is 0 Å². The summed E-state index contributed by atoms with van der Waals surface area (Å²) in [6, 6.07) is 1.66. The molecule has 0 spiro atoms. The number of fused-ring (bicyclic) bond motifs is 1. The van der Waals surface area contributed by atoms with Gasteiger partial charge in [-0.1, -0.05) is 11.3 Å². The maximum Gasteiger partial charge on any atom is 0.410 e. The third-order valence-electron chi connectivity index (χ3n) is 6.74. The number of nitrogens with zero attached hydrogens (tertiary/aromatic N) is 5. The van der Waals surface area contributed by atoms with Gasteiger partial charge in [0.1, 0.15) is 5.60 Å². The number of carbonyl (C=O) groups excluding carboxylic acids is 1. The molecule has 0 aromatic carbocycles. The molecule has 0 radical (unpaired) electrons. The molecule has 2 aliphatic rings. The second-order valence-electron chi connectivity index (χ2n) is 11.1. The Morgan fingerprint density at radius 2 is 1.92 bits per heavy atom. The van der Waals surface area contributed by atoms with Crippen LogP contribution in [0.4, 0.5) is 13.6 Å². The summed E-state index contributed by atoms with van der Waals surface area (Å²) in [5, 5.41) is 7.17. The number of alkyl halides is 2. The molecule has 1 amide bonds. The fraction of sp³-hybridized carbons (Fsp3) is 0.583. The Kier molecular flexibility index (Phi) is 6.71. The van der Waals surface area contributed by atoms with Gasteiger partial charge in [-0.3, -0.25) is 4.40 Å². The maximum atomic E-state index is 13.4. The highest BCUT2D eigenvalue weighted by Gasteiger charge is 2.41. The lowest BCUT2D eigenvalue weighted by Crippen LogP contribution is -2.41. The van der Waals surface area contributed by atoms with Crippen molar-refractivity contribution in [1.82, 2.24) is 29.2 Å². The van der Waals surface area contributed by atoms with Crippen LogP contribution in [-0.4, -0.2) is 63.2 Å². The molecule has 1 saturated carbocycles. The van der Waals surface area contributed by atoms with Gasteiger partial charge in [0.2, 0.25) is 10.0 Å². The summed E-state index contributed by atoms with van der Waals surface area (Å²) < 4.78 is 62.9. The summed E-state index contributed by atoms with van der Waals surface area (Å²) in [6.45, 7) is 8.20. The first-order valence-electron chi connectivity index (χ1n) is 12.4. The van der Waals surface area contributed by atoms with Crippen LogP contribution in [0, 0.1) is 0 Å². The van der Waals surface area contributed by atoms with Gasteiger partial charge in [-0.25, -0.2) is 31.7 Å². The average molecular weight is 569 g/mol. The van der Waals surface area contributed by atoms with Crippen LogP contribution in [-0.2, 0) is 14.8 Å². The van der Waals surface area contributed by atoms with Crippen LogP contribution in [0.25, 0.3) is 16.3 Å². The minimum absolute atomic E-state index is 0.0561. The predicted octanol–water partition coefficient (Wildman–Crippen LogP) is 4.74. The zero-order valence-corrected chi connectivity index (χ0v) is 23.2. The maximum absolute atomic E-state index is 13.4. The number of amides is 1. The van der Waals surface area contributed by atoms with Crippen molar-refractivity contribution in [3.63, 3.8) is 0 Å². The minimum atomic E-state index is -3.87. The molecule has 1 aliphatic heterocycles. The van der Waals surface area contributed by atoms with E-state index in [-0.39, 0.29) is 27.7 Å². The van der Waals surface area contributed by atoms with Gasteiger partial charge >= 0.3 is 6.09 Å². The zero-order chi connectivity index (χ0) is 27.5. The van der Waals surface area contributed by atoms with Gasteiger partial charge in [0.15, 0.2) is 15.8 Å². The third-order valence-corrected chi connectivity index (χ3v) is 9.27. The number of nitrogens with one attached hydrogen (secondary N) is 1. The van der Waals surface area contributed by atoms with E-state index >= 15 is 0 Å². The molecule has 0 atom stereocenters. The number of carbonyl (C=O) groups is 1. The summed E-state index contributed by atoms with van der Waals surface area (Å²) in [5.41, 5.74) is 0.336. The van der Waals surface area contributed by atoms with Crippen molar-refractivity contribution in [1.29, 1.82) is 0 Å². The van der Waals surface area contributed by atoms with E-state index in [0.717, 1.165) is 29.7 Å². The van der Waals surface area contributed by atoms with Gasteiger partial charge in [-0.15, -0.1) is 10.2 Å². The van der Waals surface area contributed by atoms with Crippen LogP contribution in [0.15, 0.2) is 23.4 Å². The van der Waals surface area contributed by atoms with Crippen molar-refractivity contribution in [2.45, 2.75) is 81.8 Å². The molecule has 1 N–H and O–H groups in total. The second kappa shape index (κ2) is 9.49. The SMILES string of the molecule is CC1(NS(=O)(=O)c2cc(C3CCN(C(=O)OC(C)(C)C)CC3)c3cnc(-c4nnc(C(F)F)s4)n3c2)CC1. The van der Waals surface area contributed by atoms with Gasteiger partial charge in [0.05, 0.1) is 16.6 Å².